The van der Waals surface area contributed by atoms with Crippen LogP contribution in [0.2, 0.25) is 0 Å². The van der Waals surface area contributed by atoms with Crippen molar-refractivity contribution in [3.8, 4) is 5.75 Å². The molecule has 0 N–H and O–H groups in total. The van der Waals surface area contributed by atoms with Gasteiger partial charge in [0.1, 0.15) is 11.3 Å². The molecule has 1 aromatic carbocycles. The second-order valence-electron chi connectivity index (χ2n) is 10.0. The summed E-state index contributed by atoms with van der Waals surface area (Å²) >= 11 is 0. The smallest absolute Gasteiger partial charge is 0.335 e. The van der Waals surface area contributed by atoms with E-state index in [0.717, 1.165) is 65.7 Å². The molecule has 3 aromatic heterocycles. The van der Waals surface area contributed by atoms with E-state index in [1.54, 1.807) is 11.5 Å². The van der Waals surface area contributed by atoms with Gasteiger partial charge < -0.3 is 14.4 Å². The Hall–Kier alpha value is -3.39. The quantitative estimate of drug-likeness (QED) is 0.456. The van der Waals surface area contributed by atoms with Gasteiger partial charge in [0.15, 0.2) is 5.65 Å². The average molecular weight is 460 g/mol. The van der Waals surface area contributed by atoms with Crippen LogP contribution < -0.4 is 15.3 Å². The fourth-order valence-electron chi connectivity index (χ4n) is 5.26. The molecule has 0 unspecified atom stereocenters. The van der Waals surface area contributed by atoms with Crippen molar-refractivity contribution in [3.05, 3.63) is 64.0 Å². The van der Waals surface area contributed by atoms with Crippen LogP contribution in [-0.4, -0.2) is 52.3 Å². The molecule has 2 saturated heterocycles. The number of benzene rings is 1. The molecule has 2 fully saturated rings. The van der Waals surface area contributed by atoms with Crippen LogP contribution in [0.4, 0.5) is 5.69 Å². The van der Waals surface area contributed by atoms with Crippen LogP contribution >= 0.6 is 0 Å². The molecule has 176 valence electrons. The topological polar surface area (TPSA) is 73.9 Å². The summed E-state index contributed by atoms with van der Waals surface area (Å²) in [7, 11) is 1.65. The number of fused-ring (bicyclic) bond motifs is 3. The number of hydrogen-bond acceptors (Lipinski definition) is 6. The summed E-state index contributed by atoms with van der Waals surface area (Å²) in [6.45, 7) is 10.2. The third-order valence-corrected chi connectivity index (χ3v) is 7.20. The minimum absolute atomic E-state index is 0.0957. The first-order valence-corrected chi connectivity index (χ1v) is 11.8. The zero-order valence-electron chi connectivity index (χ0n) is 20.0. The van der Waals surface area contributed by atoms with E-state index in [0.29, 0.717) is 17.6 Å². The Morgan fingerprint density at radius 1 is 1.18 bits per heavy atom. The van der Waals surface area contributed by atoms with E-state index >= 15 is 0 Å². The van der Waals surface area contributed by atoms with E-state index in [-0.39, 0.29) is 11.6 Å². The van der Waals surface area contributed by atoms with Crippen molar-refractivity contribution < 1.29 is 9.47 Å². The summed E-state index contributed by atoms with van der Waals surface area (Å²) in [5, 5.41) is 0. The molecule has 8 nitrogen and oxygen atoms in total. The number of aryl methyl sites for hydroxylation is 1. The van der Waals surface area contributed by atoms with Crippen molar-refractivity contribution in [2.45, 2.75) is 33.2 Å². The lowest BCUT2D eigenvalue weighted by atomic mass is 9.78. The molecule has 8 heteroatoms. The van der Waals surface area contributed by atoms with Crippen molar-refractivity contribution in [2.24, 2.45) is 5.41 Å². The minimum atomic E-state index is -0.0957. The van der Waals surface area contributed by atoms with Crippen LogP contribution in [0.25, 0.3) is 16.7 Å². The normalized spacial score (nSPS) is 16.9. The van der Waals surface area contributed by atoms with Crippen molar-refractivity contribution in [1.82, 2.24) is 18.9 Å². The summed E-state index contributed by atoms with van der Waals surface area (Å²) in [6, 6.07) is 9.93. The van der Waals surface area contributed by atoms with Gasteiger partial charge in [0, 0.05) is 18.8 Å². The summed E-state index contributed by atoms with van der Waals surface area (Å²) in [4.78, 5) is 25.9. The molecule has 0 bridgehead atoms. The second-order valence-corrected chi connectivity index (χ2v) is 10.0. The Kier molecular flexibility index (Phi) is 4.71. The molecule has 6 rings (SSSR count). The van der Waals surface area contributed by atoms with Crippen molar-refractivity contribution in [1.29, 1.82) is 0 Å². The number of methoxy groups -OCH3 is 1. The number of rotatable bonds is 5. The third-order valence-electron chi connectivity index (χ3n) is 7.20. The predicted octanol–water partition coefficient (Wildman–Crippen LogP) is 3.37. The molecular weight excluding hydrogens is 430 g/mol. The predicted molar refractivity (Wildman–Crippen MR) is 131 cm³/mol. The van der Waals surface area contributed by atoms with Gasteiger partial charge in [-0.15, -0.1) is 0 Å². The maximum atomic E-state index is 13.9. The van der Waals surface area contributed by atoms with Crippen LogP contribution in [0.15, 0.2) is 41.3 Å². The average Bonchev–Trinajstić information content (AvgIpc) is 3.13. The molecule has 2 aliphatic rings. The standard InChI is InChI=1S/C26H29N5O3/c1-16(2)22-17(3)31-24(28-22)23-21(9-19(10-27-23)29-12-26(13-29)14-34-15-26)30(25(31)32)11-18-5-7-20(33-4)8-6-18/h5-10,16H,11-15H2,1-4H3. The molecule has 0 atom stereocenters. The molecule has 0 radical (unpaired) electrons. The number of ether oxygens (including phenoxy) is 2. The SMILES string of the molecule is COc1ccc(Cn2c(=O)n3c(C)c(C(C)C)nc3c3ncc(N4CC5(COC5)C4)cc32)cc1. The molecule has 0 amide bonds. The largest absolute Gasteiger partial charge is 0.497 e. The number of nitrogens with zero attached hydrogens (tertiary/aromatic N) is 5. The maximum Gasteiger partial charge on any atom is 0.335 e. The molecular formula is C26H29N5O3. The molecule has 1 spiro atoms. The number of pyridine rings is 1. The van der Waals surface area contributed by atoms with Gasteiger partial charge in [0.2, 0.25) is 0 Å². The molecule has 0 saturated carbocycles. The summed E-state index contributed by atoms with van der Waals surface area (Å²) in [5.41, 5.74) is 6.24. The zero-order chi connectivity index (χ0) is 23.6. The first-order chi connectivity index (χ1) is 16.4. The van der Waals surface area contributed by atoms with Gasteiger partial charge in [-0.25, -0.2) is 19.2 Å². The Bertz CT molecular complexity index is 1460. The Balaban J connectivity index is 1.53. The van der Waals surface area contributed by atoms with E-state index in [1.807, 2.05) is 42.0 Å². The lowest BCUT2D eigenvalue weighted by molar-refractivity contribution is -0.127. The summed E-state index contributed by atoms with van der Waals surface area (Å²) < 4.78 is 14.3. The van der Waals surface area contributed by atoms with E-state index in [9.17, 15) is 4.79 Å². The number of anilines is 1. The summed E-state index contributed by atoms with van der Waals surface area (Å²) in [5.74, 6) is 1.00. The lowest BCUT2D eigenvalue weighted by Gasteiger charge is -2.55. The van der Waals surface area contributed by atoms with Gasteiger partial charge in [-0.05, 0) is 36.6 Å². The maximum absolute atomic E-state index is 13.9. The van der Waals surface area contributed by atoms with Crippen LogP contribution in [-0.2, 0) is 11.3 Å². The second kappa shape index (κ2) is 7.56. The van der Waals surface area contributed by atoms with Crippen molar-refractivity contribution in [3.63, 3.8) is 0 Å². The van der Waals surface area contributed by atoms with Gasteiger partial charge in [0.05, 0.1) is 55.4 Å². The van der Waals surface area contributed by atoms with E-state index in [2.05, 4.69) is 24.8 Å². The van der Waals surface area contributed by atoms with Crippen LogP contribution in [0.1, 0.15) is 36.7 Å². The lowest BCUT2D eigenvalue weighted by Crippen LogP contribution is -2.66. The van der Waals surface area contributed by atoms with Gasteiger partial charge in [-0.3, -0.25) is 4.57 Å². The van der Waals surface area contributed by atoms with Gasteiger partial charge in [-0.1, -0.05) is 26.0 Å². The number of aromatic nitrogens is 4. The van der Waals surface area contributed by atoms with Crippen molar-refractivity contribution >= 4 is 22.4 Å². The van der Waals surface area contributed by atoms with Crippen LogP contribution in [0.3, 0.4) is 0 Å². The van der Waals surface area contributed by atoms with E-state index < -0.39 is 0 Å². The van der Waals surface area contributed by atoms with E-state index in [1.165, 1.54) is 0 Å². The van der Waals surface area contributed by atoms with Crippen LogP contribution in [0.5, 0.6) is 5.75 Å². The van der Waals surface area contributed by atoms with Crippen molar-refractivity contribution in [2.75, 3.05) is 38.3 Å². The first-order valence-electron chi connectivity index (χ1n) is 11.8. The highest BCUT2D eigenvalue weighted by atomic mass is 16.5. The molecule has 34 heavy (non-hydrogen) atoms. The fraction of sp³-hybridized carbons (Fsp3) is 0.423. The van der Waals surface area contributed by atoms with Gasteiger partial charge in [-0.2, -0.15) is 0 Å². The third kappa shape index (κ3) is 3.12. The minimum Gasteiger partial charge on any atom is -0.497 e. The Morgan fingerprint density at radius 2 is 1.91 bits per heavy atom. The summed E-state index contributed by atoms with van der Waals surface area (Å²) in [6.07, 6.45) is 1.91. The zero-order valence-corrected chi connectivity index (χ0v) is 20.0. The highest BCUT2D eigenvalue weighted by Crippen LogP contribution is 2.40. The molecule has 2 aliphatic heterocycles. The first kappa shape index (κ1) is 21.2. The molecule has 0 aliphatic carbocycles. The number of hydrogen-bond donors (Lipinski definition) is 0. The fourth-order valence-corrected chi connectivity index (χ4v) is 5.26. The Morgan fingerprint density at radius 3 is 2.53 bits per heavy atom. The monoisotopic (exact) mass is 459 g/mol. The molecule has 4 aromatic rings. The van der Waals surface area contributed by atoms with Crippen LogP contribution in [0, 0.1) is 12.3 Å². The highest BCUT2D eigenvalue weighted by Gasteiger charge is 2.49. The van der Waals surface area contributed by atoms with Gasteiger partial charge in [0.25, 0.3) is 0 Å². The van der Waals surface area contributed by atoms with E-state index in [4.69, 9.17) is 19.4 Å². The Labute approximate surface area is 197 Å². The number of imidazole rings is 1. The molecule has 5 heterocycles. The highest BCUT2D eigenvalue weighted by molar-refractivity contribution is 5.90. The van der Waals surface area contributed by atoms with Gasteiger partial charge >= 0.3 is 5.69 Å².